The quantitative estimate of drug-likeness (QED) is 0.670. The Morgan fingerprint density at radius 2 is 1.77 bits per heavy atom. The number of alkyl halides is 3. The molecule has 2 aliphatic rings. The van der Waals surface area contributed by atoms with Gasteiger partial charge in [0, 0.05) is 32.2 Å². The minimum atomic E-state index is -4.49. The molecule has 1 N–H and O–H groups in total. The van der Waals surface area contributed by atoms with Crippen LogP contribution in [0.2, 0.25) is 0 Å². The van der Waals surface area contributed by atoms with Gasteiger partial charge in [0.25, 0.3) is 5.91 Å². The molecule has 0 aliphatic carbocycles. The first kappa shape index (κ1) is 21.7. The second-order valence-electron chi connectivity index (χ2n) is 8.44. The number of nitrogens with zero attached hydrogens (tertiary/aromatic N) is 1. The van der Waals surface area contributed by atoms with E-state index in [1.165, 1.54) is 6.07 Å². The van der Waals surface area contributed by atoms with E-state index in [4.69, 9.17) is 9.15 Å². The van der Waals surface area contributed by atoms with Crippen LogP contribution in [0, 0.1) is 5.92 Å². The highest BCUT2D eigenvalue weighted by atomic mass is 19.4. The molecule has 0 atom stereocenters. The maximum absolute atomic E-state index is 13.3. The van der Waals surface area contributed by atoms with E-state index in [-0.39, 0.29) is 17.4 Å². The van der Waals surface area contributed by atoms with Gasteiger partial charge in [-0.2, -0.15) is 13.2 Å². The van der Waals surface area contributed by atoms with Gasteiger partial charge in [0.2, 0.25) is 0 Å². The Labute approximate surface area is 179 Å². The van der Waals surface area contributed by atoms with Crippen LogP contribution in [0.1, 0.15) is 60.4 Å². The number of carbonyl (C=O) groups excluding carboxylic acids is 1. The third-order valence-electron chi connectivity index (χ3n) is 6.17. The van der Waals surface area contributed by atoms with E-state index in [9.17, 15) is 18.0 Å². The van der Waals surface area contributed by atoms with E-state index in [1.54, 1.807) is 12.1 Å². The summed E-state index contributed by atoms with van der Waals surface area (Å²) in [6.07, 6.45) is -0.934. The molecule has 5 nitrogen and oxygen atoms in total. The van der Waals surface area contributed by atoms with Crippen LogP contribution >= 0.6 is 0 Å². The second-order valence-corrected chi connectivity index (χ2v) is 8.44. The van der Waals surface area contributed by atoms with Crippen molar-refractivity contribution in [2.75, 3.05) is 36.5 Å². The lowest BCUT2D eigenvalue weighted by atomic mass is 9.98. The number of hydrogen-bond donors (Lipinski definition) is 1. The Hall–Kier alpha value is -2.48. The van der Waals surface area contributed by atoms with E-state index in [0.717, 1.165) is 50.9 Å². The lowest BCUT2D eigenvalue weighted by Gasteiger charge is -2.33. The molecule has 1 amide bonds. The predicted molar refractivity (Wildman–Crippen MR) is 112 cm³/mol. The summed E-state index contributed by atoms with van der Waals surface area (Å²) in [6, 6.07) is 6.87. The normalized spacial score (nSPS) is 18.9. The van der Waals surface area contributed by atoms with Crippen LogP contribution in [0.25, 0.3) is 0 Å². The molecule has 1 aromatic heterocycles. The van der Waals surface area contributed by atoms with E-state index < -0.39 is 17.6 Å². The summed E-state index contributed by atoms with van der Waals surface area (Å²) in [5.41, 5.74) is -0.0397. The first-order valence-corrected chi connectivity index (χ1v) is 10.8. The van der Waals surface area contributed by atoms with Crippen molar-refractivity contribution in [2.45, 2.75) is 44.7 Å². The topological polar surface area (TPSA) is 54.7 Å². The molecule has 2 aromatic rings. The molecule has 0 radical (unpaired) electrons. The Kier molecular flexibility index (Phi) is 6.27. The summed E-state index contributed by atoms with van der Waals surface area (Å²) in [4.78, 5) is 14.9. The maximum atomic E-state index is 13.3. The van der Waals surface area contributed by atoms with Crippen molar-refractivity contribution >= 4 is 17.3 Å². The minimum Gasteiger partial charge on any atom is -0.456 e. The number of benzene rings is 1. The van der Waals surface area contributed by atoms with Gasteiger partial charge in [-0.3, -0.25) is 4.79 Å². The summed E-state index contributed by atoms with van der Waals surface area (Å²) in [5, 5.41) is 2.67. The van der Waals surface area contributed by atoms with Crippen LogP contribution in [-0.4, -0.2) is 32.2 Å². The number of rotatable bonds is 4. The van der Waals surface area contributed by atoms with E-state index in [1.807, 2.05) is 4.90 Å². The van der Waals surface area contributed by atoms with Crippen LogP contribution in [0.5, 0.6) is 0 Å². The zero-order chi connectivity index (χ0) is 22.0. The van der Waals surface area contributed by atoms with Crippen LogP contribution < -0.4 is 10.2 Å². The second kappa shape index (κ2) is 8.94. The van der Waals surface area contributed by atoms with Gasteiger partial charge in [-0.05, 0) is 61.9 Å². The third-order valence-corrected chi connectivity index (χ3v) is 6.17. The number of ether oxygens (including phenoxy) is 1. The zero-order valence-corrected chi connectivity index (χ0v) is 17.5. The van der Waals surface area contributed by atoms with Crippen LogP contribution in [0.15, 0.2) is 34.7 Å². The first-order valence-electron chi connectivity index (χ1n) is 10.8. The molecule has 1 aromatic carbocycles. The standard InChI is InChI=1S/C23H27F3N2O3/c1-15-6-10-28(11-7-15)19-3-2-17(23(24,25)26)14-18(19)27-22(29)21-5-4-20(31-21)16-8-12-30-13-9-16/h2-5,14-16H,6-13H2,1H3,(H,27,29). The van der Waals surface area contributed by atoms with E-state index in [0.29, 0.717) is 30.6 Å². The molecule has 0 spiro atoms. The molecule has 3 heterocycles. The number of carbonyl (C=O) groups is 1. The number of nitrogens with one attached hydrogen (secondary N) is 1. The number of amides is 1. The lowest BCUT2D eigenvalue weighted by molar-refractivity contribution is -0.137. The molecule has 31 heavy (non-hydrogen) atoms. The Morgan fingerprint density at radius 3 is 2.45 bits per heavy atom. The molecular weight excluding hydrogens is 409 g/mol. The van der Waals surface area contributed by atoms with Crippen molar-refractivity contribution in [3.8, 4) is 0 Å². The number of halogens is 3. The smallest absolute Gasteiger partial charge is 0.416 e. The van der Waals surface area contributed by atoms with Crippen molar-refractivity contribution in [1.29, 1.82) is 0 Å². The molecule has 2 aliphatic heterocycles. The summed E-state index contributed by atoms with van der Waals surface area (Å²) in [7, 11) is 0. The van der Waals surface area contributed by atoms with Gasteiger partial charge in [0.1, 0.15) is 5.76 Å². The highest BCUT2D eigenvalue weighted by molar-refractivity contribution is 6.04. The van der Waals surface area contributed by atoms with Crippen molar-refractivity contribution in [2.24, 2.45) is 5.92 Å². The average molecular weight is 436 g/mol. The Morgan fingerprint density at radius 1 is 1.06 bits per heavy atom. The van der Waals surface area contributed by atoms with Gasteiger partial charge < -0.3 is 19.4 Å². The summed E-state index contributed by atoms with van der Waals surface area (Å²) >= 11 is 0. The fraction of sp³-hybridized carbons (Fsp3) is 0.522. The van der Waals surface area contributed by atoms with Crippen molar-refractivity contribution in [1.82, 2.24) is 0 Å². The number of anilines is 2. The highest BCUT2D eigenvalue weighted by Crippen LogP contribution is 2.37. The summed E-state index contributed by atoms with van der Waals surface area (Å²) < 4.78 is 51.0. The monoisotopic (exact) mass is 436 g/mol. The van der Waals surface area contributed by atoms with Gasteiger partial charge in [-0.1, -0.05) is 6.92 Å². The van der Waals surface area contributed by atoms with Gasteiger partial charge in [-0.15, -0.1) is 0 Å². The van der Waals surface area contributed by atoms with Crippen molar-refractivity contribution < 1.29 is 27.1 Å². The largest absolute Gasteiger partial charge is 0.456 e. The van der Waals surface area contributed by atoms with Crippen LogP contribution in [0.3, 0.4) is 0 Å². The van der Waals surface area contributed by atoms with E-state index >= 15 is 0 Å². The molecule has 0 unspecified atom stereocenters. The zero-order valence-electron chi connectivity index (χ0n) is 17.5. The fourth-order valence-electron chi connectivity index (χ4n) is 4.20. The third kappa shape index (κ3) is 5.06. The number of furan rings is 1. The molecule has 0 bridgehead atoms. The van der Waals surface area contributed by atoms with Gasteiger partial charge in [0.05, 0.1) is 16.9 Å². The Bertz CT molecular complexity index is 911. The summed E-state index contributed by atoms with van der Waals surface area (Å²) in [5.74, 6) is 1.02. The number of piperidine rings is 1. The van der Waals surface area contributed by atoms with Gasteiger partial charge in [-0.25, -0.2) is 0 Å². The first-order chi connectivity index (χ1) is 14.8. The molecule has 2 fully saturated rings. The van der Waals surface area contributed by atoms with Gasteiger partial charge in [0.15, 0.2) is 5.76 Å². The molecule has 0 saturated carbocycles. The predicted octanol–water partition coefficient (Wildman–Crippen LogP) is 5.68. The van der Waals surface area contributed by atoms with Gasteiger partial charge >= 0.3 is 6.18 Å². The maximum Gasteiger partial charge on any atom is 0.416 e. The summed E-state index contributed by atoms with van der Waals surface area (Å²) in [6.45, 7) is 4.94. The average Bonchev–Trinajstić information content (AvgIpc) is 3.25. The highest BCUT2D eigenvalue weighted by Gasteiger charge is 2.32. The van der Waals surface area contributed by atoms with Crippen LogP contribution in [0.4, 0.5) is 24.5 Å². The molecule has 2 saturated heterocycles. The van der Waals surface area contributed by atoms with Crippen molar-refractivity contribution in [3.63, 3.8) is 0 Å². The Balaban J connectivity index is 1.56. The van der Waals surface area contributed by atoms with Crippen LogP contribution in [-0.2, 0) is 10.9 Å². The molecule has 4 rings (SSSR count). The lowest BCUT2D eigenvalue weighted by Crippen LogP contribution is -2.33. The fourth-order valence-corrected chi connectivity index (χ4v) is 4.20. The SMILES string of the molecule is CC1CCN(c2ccc(C(F)(F)F)cc2NC(=O)c2ccc(C3CCOCC3)o2)CC1. The molecular formula is C23H27F3N2O3. The van der Waals surface area contributed by atoms with E-state index in [2.05, 4.69) is 12.2 Å². The van der Waals surface area contributed by atoms with Crippen molar-refractivity contribution in [3.05, 3.63) is 47.4 Å². The molecule has 8 heteroatoms. The number of hydrogen-bond acceptors (Lipinski definition) is 4. The minimum absolute atomic E-state index is 0.0946. The molecule has 168 valence electrons.